The fourth-order valence-corrected chi connectivity index (χ4v) is 2.73. The molecule has 0 amide bonds. The van der Waals surface area contributed by atoms with E-state index in [0.29, 0.717) is 18.5 Å². The van der Waals surface area contributed by atoms with E-state index in [4.69, 9.17) is 5.73 Å². The van der Waals surface area contributed by atoms with E-state index in [1.54, 1.807) is 11.3 Å². The lowest BCUT2D eigenvalue weighted by atomic mass is 10.0. The summed E-state index contributed by atoms with van der Waals surface area (Å²) in [4.78, 5) is 9.99. The first kappa shape index (κ1) is 17.0. The van der Waals surface area contributed by atoms with Gasteiger partial charge in [0.1, 0.15) is 5.01 Å². The van der Waals surface area contributed by atoms with Gasteiger partial charge in [-0.05, 0) is 25.7 Å². The molecule has 0 aliphatic carbocycles. The fraction of sp³-hybridized carbons (Fsp3) is 0.733. The number of guanidine groups is 1. The Hall–Kier alpha value is -1.10. The number of aryl methyl sites for hydroxylation is 1. The maximum Gasteiger partial charge on any atom is 0.189 e. The standard InChI is InChI=1S/C15H28N4S/c1-5-13-9-17-14(20-13)10-18-15(16)19-12(4)8-6-7-11(2)3/h9,11-12H,5-8,10H2,1-4H3,(H3,16,18,19). The molecular weight excluding hydrogens is 268 g/mol. The van der Waals surface area contributed by atoms with Crippen molar-refractivity contribution >= 4 is 17.3 Å². The van der Waals surface area contributed by atoms with E-state index in [-0.39, 0.29) is 0 Å². The Morgan fingerprint density at radius 3 is 2.75 bits per heavy atom. The van der Waals surface area contributed by atoms with Crippen molar-refractivity contribution in [3.05, 3.63) is 16.1 Å². The number of rotatable bonds is 8. The molecule has 0 radical (unpaired) electrons. The summed E-state index contributed by atoms with van der Waals surface area (Å²) in [7, 11) is 0. The minimum absolute atomic E-state index is 0.375. The highest BCUT2D eigenvalue weighted by atomic mass is 32.1. The van der Waals surface area contributed by atoms with Gasteiger partial charge in [-0.1, -0.05) is 33.6 Å². The number of hydrogen-bond acceptors (Lipinski definition) is 3. The van der Waals surface area contributed by atoms with E-state index in [0.717, 1.165) is 23.8 Å². The highest BCUT2D eigenvalue weighted by Gasteiger charge is 2.04. The Morgan fingerprint density at radius 1 is 1.40 bits per heavy atom. The van der Waals surface area contributed by atoms with E-state index >= 15 is 0 Å². The van der Waals surface area contributed by atoms with Gasteiger partial charge in [-0.2, -0.15) is 0 Å². The van der Waals surface area contributed by atoms with Crippen LogP contribution in [-0.2, 0) is 13.0 Å². The van der Waals surface area contributed by atoms with Crippen molar-refractivity contribution in [3.8, 4) is 0 Å². The Balaban J connectivity index is 2.29. The summed E-state index contributed by atoms with van der Waals surface area (Å²) in [6.45, 7) is 9.37. The Bertz CT molecular complexity index is 412. The zero-order chi connectivity index (χ0) is 15.0. The van der Waals surface area contributed by atoms with Gasteiger partial charge in [0.05, 0.1) is 6.54 Å². The van der Waals surface area contributed by atoms with E-state index in [2.05, 4.69) is 43.0 Å². The normalized spacial score (nSPS) is 13.8. The van der Waals surface area contributed by atoms with Crippen LogP contribution in [0, 0.1) is 5.92 Å². The van der Waals surface area contributed by atoms with Crippen LogP contribution >= 0.6 is 11.3 Å². The molecule has 4 nitrogen and oxygen atoms in total. The summed E-state index contributed by atoms with van der Waals surface area (Å²) in [6.07, 6.45) is 6.58. The molecule has 0 aromatic carbocycles. The van der Waals surface area contributed by atoms with Gasteiger partial charge in [-0.25, -0.2) is 9.98 Å². The average molecular weight is 296 g/mol. The van der Waals surface area contributed by atoms with Gasteiger partial charge in [-0.3, -0.25) is 0 Å². The molecule has 3 N–H and O–H groups in total. The van der Waals surface area contributed by atoms with E-state index < -0.39 is 0 Å². The summed E-state index contributed by atoms with van der Waals surface area (Å²) in [5, 5.41) is 4.28. The first-order chi connectivity index (χ1) is 9.51. The number of nitrogens with one attached hydrogen (secondary N) is 1. The second-order valence-electron chi connectivity index (χ2n) is 5.65. The molecule has 0 fully saturated rings. The van der Waals surface area contributed by atoms with E-state index in [1.165, 1.54) is 17.7 Å². The van der Waals surface area contributed by atoms with Crippen molar-refractivity contribution in [2.75, 3.05) is 0 Å². The van der Waals surface area contributed by atoms with Crippen molar-refractivity contribution < 1.29 is 0 Å². The number of nitrogens with two attached hydrogens (primary N) is 1. The minimum Gasteiger partial charge on any atom is -0.370 e. The predicted molar refractivity (Wildman–Crippen MR) is 88.1 cm³/mol. The lowest BCUT2D eigenvalue weighted by molar-refractivity contribution is 0.493. The van der Waals surface area contributed by atoms with Crippen LogP contribution in [0.15, 0.2) is 11.2 Å². The molecule has 0 aliphatic rings. The Kier molecular flexibility index (Phi) is 7.59. The molecule has 1 rings (SSSR count). The number of thiazole rings is 1. The molecule has 5 heteroatoms. The molecule has 114 valence electrons. The van der Waals surface area contributed by atoms with Crippen LogP contribution in [-0.4, -0.2) is 17.0 Å². The van der Waals surface area contributed by atoms with E-state index in [1.807, 2.05) is 6.20 Å². The van der Waals surface area contributed by atoms with Crippen LogP contribution in [0.3, 0.4) is 0 Å². The van der Waals surface area contributed by atoms with Crippen molar-refractivity contribution in [2.45, 2.75) is 66.0 Å². The molecule has 0 spiro atoms. The first-order valence-corrected chi connectivity index (χ1v) is 8.33. The van der Waals surface area contributed by atoms with E-state index in [9.17, 15) is 0 Å². The molecule has 1 heterocycles. The van der Waals surface area contributed by atoms with Crippen molar-refractivity contribution in [1.29, 1.82) is 0 Å². The van der Waals surface area contributed by atoms with Gasteiger partial charge in [-0.15, -0.1) is 11.3 Å². The van der Waals surface area contributed by atoms with Gasteiger partial charge < -0.3 is 11.1 Å². The third-order valence-electron chi connectivity index (χ3n) is 3.15. The molecule has 0 saturated carbocycles. The molecule has 1 atom stereocenters. The summed E-state index contributed by atoms with van der Waals surface area (Å²) in [5.74, 6) is 1.29. The maximum atomic E-state index is 5.91. The largest absolute Gasteiger partial charge is 0.370 e. The second kappa shape index (κ2) is 8.95. The summed E-state index contributed by atoms with van der Waals surface area (Å²) < 4.78 is 0. The lowest BCUT2D eigenvalue weighted by Crippen LogP contribution is -2.38. The zero-order valence-corrected chi connectivity index (χ0v) is 14.0. The van der Waals surface area contributed by atoms with Crippen LogP contribution in [0.5, 0.6) is 0 Å². The Morgan fingerprint density at radius 2 is 2.15 bits per heavy atom. The van der Waals surface area contributed by atoms with Crippen LogP contribution in [0.2, 0.25) is 0 Å². The molecule has 1 unspecified atom stereocenters. The predicted octanol–water partition coefficient (Wildman–Crippen LogP) is 3.32. The van der Waals surface area contributed by atoms with Gasteiger partial charge in [0, 0.05) is 17.1 Å². The van der Waals surface area contributed by atoms with Crippen LogP contribution < -0.4 is 11.1 Å². The monoisotopic (exact) mass is 296 g/mol. The lowest BCUT2D eigenvalue weighted by Gasteiger charge is -2.14. The molecule has 20 heavy (non-hydrogen) atoms. The fourth-order valence-electron chi connectivity index (χ4n) is 1.94. The van der Waals surface area contributed by atoms with Crippen molar-refractivity contribution in [3.63, 3.8) is 0 Å². The molecule has 1 aromatic rings. The molecule has 1 aromatic heterocycles. The van der Waals surface area contributed by atoms with Gasteiger partial charge in [0.25, 0.3) is 0 Å². The van der Waals surface area contributed by atoms with Crippen molar-refractivity contribution in [2.24, 2.45) is 16.6 Å². The van der Waals surface area contributed by atoms with Crippen LogP contribution in [0.1, 0.15) is 56.8 Å². The number of hydrogen-bond donors (Lipinski definition) is 2. The number of aromatic nitrogens is 1. The van der Waals surface area contributed by atoms with Crippen molar-refractivity contribution in [1.82, 2.24) is 10.3 Å². The van der Waals surface area contributed by atoms with Gasteiger partial charge in [0.15, 0.2) is 5.96 Å². The number of nitrogens with zero attached hydrogens (tertiary/aromatic N) is 2. The molecular formula is C15H28N4S. The third-order valence-corrected chi connectivity index (χ3v) is 4.27. The smallest absolute Gasteiger partial charge is 0.189 e. The third kappa shape index (κ3) is 6.89. The highest BCUT2D eigenvalue weighted by Crippen LogP contribution is 2.14. The summed E-state index contributed by atoms with van der Waals surface area (Å²) in [5.41, 5.74) is 5.91. The first-order valence-electron chi connectivity index (χ1n) is 7.51. The minimum atomic E-state index is 0.375. The van der Waals surface area contributed by atoms with Crippen LogP contribution in [0.4, 0.5) is 0 Å². The highest BCUT2D eigenvalue weighted by molar-refractivity contribution is 7.11. The average Bonchev–Trinajstić information content (AvgIpc) is 2.83. The molecule has 0 saturated heterocycles. The van der Waals surface area contributed by atoms with Crippen LogP contribution in [0.25, 0.3) is 0 Å². The SMILES string of the molecule is CCc1cnc(CN=C(N)NC(C)CCCC(C)C)s1. The zero-order valence-electron chi connectivity index (χ0n) is 13.1. The van der Waals surface area contributed by atoms with Gasteiger partial charge >= 0.3 is 0 Å². The second-order valence-corrected chi connectivity index (χ2v) is 6.85. The quantitative estimate of drug-likeness (QED) is 0.571. The summed E-state index contributed by atoms with van der Waals surface area (Å²) >= 11 is 1.71. The topological polar surface area (TPSA) is 63.3 Å². The summed E-state index contributed by atoms with van der Waals surface area (Å²) in [6, 6.07) is 0.375. The Labute approximate surface area is 126 Å². The van der Waals surface area contributed by atoms with Gasteiger partial charge in [0.2, 0.25) is 0 Å². The number of aliphatic imine (C=N–C) groups is 1. The molecule has 0 bridgehead atoms. The molecule has 0 aliphatic heterocycles. The maximum absolute atomic E-state index is 5.91.